The summed E-state index contributed by atoms with van der Waals surface area (Å²) in [5.41, 5.74) is 0.160. The van der Waals surface area contributed by atoms with Crippen LogP contribution in [-0.2, 0) is 9.53 Å². The van der Waals surface area contributed by atoms with Crippen molar-refractivity contribution >= 4 is 19.2 Å². The summed E-state index contributed by atoms with van der Waals surface area (Å²) in [7, 11) is 3.47. The maximum Gasteiger partial charge on any atom is 0.323 e. The van der Waals surface area contributed by atoms with Crippen LogP contribution in [0.25, 0.3) is 0 Å². The van der Waals surface area contributed by atoms with E-state index in [9.17, 15) is 4.79 Å². The van der Waals surface area contributed by atoms with Crippen molar-refractivity contribution < 1.29 is 9.53 Å². The molecule has 4 heteroatoms. The van der Waals surface area contributed by atoms with Crippen LogP contribution in [0.5, 0.6) is 0 Å². The first-order valence-electron chi connectivity index (χ1n) is 7.28. The summed E-state index contributed by atoms with van der Waals surface area (Å²) in [6.45, 7) is 6.63. The lowest BCUT2D eigenvalue weighted by molar-refractivity contribution is -0.145. The molecule has 0 heterocycles. The zero-order valence-electron chi connectivity index (χ0n) is 14.0. The lowest BCUT2D eigenvalue weighted by Gasteiger charge is -2.38. The Hall–Kier alpha value is -1.39. The molecule has 0 amide bonds. The number of carbonyl (C=O) groups is 1. The highest BCUT2D eigenvalue weighted by atomic mass is 28.3. The van der Waals surface area contributed by atoms with E-state index in [0.717, 1.165) is 0 Å². The van der Waals surface area contributed by atoms with E-state index in [1.807, 2.05) is 38.1 Å². The lowest BCUT2D eigenvalue weighted by Crippen LogP contribution is -2.54. The van der Waals surface area contributed by atoms with E-state index >= 15 is 0 Å². The summed E-state index contributed by atoms with van der Waals surface area (Å²) in [5, 5.41) is 1.35. The normalized spacial score (nSPS) is 15.2. The first-order chi connectivity index (χ1) is 9.86. The van der Waals surface area contributed by atoms with Gasteiger partial charge in [0.2, 0.25) is 0 Å². The topological polar surface area (TPSA) is 29.5 Å². The number of hydrogen-bond donors (Lipinski definition) is 0. The second kappa shape index (κ2) is 7.57. The molecule has 0 N–H and O–H groups in total. The van der Waals surface area contributed by atoms with Crippen molar-refractivity contribution in [1.82, 2.24) is 4.90 Å². The lowest BCUT2D eigenvalue weighted by atomic mass is 10.1. The van der Waals surface area contributed by atoms with E-state index in [1.54, 1.807) is 0 Å². The van der Waals surface area contributed by atoms with Crippen molar-refractivity contribution in [2.75, 3.05) is 21.2 Å². The van der Waals surface area contributed by atoms with Gasteiger partial charge in [0.15, 0.2) is 0 Å². The molecule has 0 unspecified atom stereocenters. The molecule has 1 rings (SSSR count). The molecular weight excluding hydrogens is 278 g/mol. The van der Waals surface area contributed by atoms with Crippen molar-refractivity contribution in [3.05, 3.63) is 42.5 Å². The number of ether oxygens (including phenoxy) is 1. The Kier molecular flexibility index (Phi) is 6.36. The van der Waals surface area contributed by atoms with Gasteiger partial charge in [0.25, 0.3) is 0 Å². The average Bonchev–Trinajstić information content (AvgIpc) is 2.47. The molecule has 2 atom stereocenters. The number of benzene rings is 1. The van der Waals surface area contributed by atoms with Crippen LogP contribution >= 0.6 is 0 Å². The fraction of sp³-hybridized carbons (Fsp3) is 0.471. The van der Waals surface area contributed by atoms with Crippen molar-refractivity contribution in [3.63, 3.8) is 0 Å². The third-order valence-electron chi connectivity index (χ3n) is 4.09. The highest BCUT2D eigenvalue weighted by molar-refractivity contribution is 6.91. The third-order valence-corrected chi connectivity index (χ3v) is 8.09. The maximum absolute atomic E-state index is 12.3. The Morgan fingerprint density at radius 2 is 1.81 bits per heavy atom. The number of hydrogen-bond acceptors (Lipinski definition) is 3. The van der Waals surface area contributed by atoms with Crippen LogP contribution in [0.3, 0.4) is 0 Å². The van der Waals surface area contributed by atoms with Gasteiger partial charge in [-0.2, -0.15) is 0 Å². The van der Waals surface area contributed by atoms with Crippen LogP contribution in [0.2, 0.25) is 18.6 Å². The molecule has 0 aliphatic heterocycles. The molecule has 0 aliphatic carbocycles. The van der Waals surface area contributed by atoms with Gasteiger partial charge in [-0.05, 0) is 21.0 Å². The Morgan fingerprint density at radius 1 is 1.24 bits per heavy atom. The Balaban J connectivity index is 3.30. The van der Waals surface area contributed by atoms with E-state index in [0.29, 0.717) is 0 Å². The molecule has 0 radical (unpaired) electrons. The molecule has 0 aromatic heterocycles. The van der Waals surface area contributed by atoms with Crippen LogP contribution in [-0.4, -0.2) is 46.2 Å². The average molecular weight is 305 g/mol. The zero-order valence-corrected chi connectivity index (χ0v) is 15.0. The van der Waals surface area contributed by atoms with E-state index in [4.69, 9.17) is 4.74 Å². The monoisotopic (exact) mass is 305 g/mol. The van der Waals surface area contributed by atoms with Crippen molar-refractivity contribution in [2.24, 2.45) is 0 Å². The Labute approximate surface area is 129 Å². The Bertz CT molecular complexity index is 483. The minimum Gasteiger partial charge on any atom is -0.468 e. The summed E-state index contributed by atoms with van der Waals surface area (Å²) in [6.07, 6.45) is 4.21. The standard InChI is InChI=1S/C17H27NO2Si/c1-7-11-15(16(18(2)3)17(19)20-4)21(5,6)14-12-9-8-10-13-14/h7-13,15-16H,1-6H3/b11-7+/t15-,16-/m1/s1. The van der Waals surface area contributed by atoms with E-state index < -0.39 is 8.07 Å². The van der Waals surface area contributed by atoms with Crippen molar-refractivity contribution in [1.29, 1.82) is 0 Å². The molecule has 1 aromatic carbocycles. The minimum absolute atomic E-state index is 0.160. The summed E-state index contributed by atoms with van der Waals surface area (Å²) < 4.78 is 5.04. The third kappa shape index (κ3) is 4.05. The number of allylic oxidation sites excluding steroid dienone is 1. The van der Waals surface area contributed by atoms with Gasteiger partial charge in [0.1, 0.15) is 6.04 Å². The largest absolute Gasteiger partial charge is 0.468 e. The molecule has 0 aliphatic rings. The summed E-state index contributed by atoms with van der Waals surface area (Å²) >= 11 is 0. The van der Waals surface area contributed by atoms with Gasteiger partial charge >= 0.3 is 5.97 Å². The number of rotatable bonds is 6. The number of nitrogens with zero attached hydrogens (tertiary/aromatic N) is 1. The fourth-order valence-electron chi connectivity index (χ4n) is 2.81. The molecule has 0 saturated carbocycles. The van der Waals surface area contributed by atoms with Gasteiger partial charge in [0.05, 0.1) is 15.2 Å². The predicted octanol–water partition coefficient (Wildman–Crippen LogP) is 2.65. The van der Waals surface area contributed by atoms with Crippen LogP contribution in [0, 0.1) is 0 Å². The van der Waals surface area contributed by atoms with Gasteiger partial charge in [0, 0.05) is 5.54 Å². The molecular formula is C17H27NO2Si. The minimum atomic E-state index is -1.86. The molecule has 0 bridgehead atoms. The first-order valence-corrected chi connectivity index (χ1v) is 10.4. The molecule has 0 spiro atoms. The second-order valence-electron chi connectivity index (χ2n) is 6.07. The van der Waals surface area contributed by atoms with Gasteiger partial charge in [-0.15, -0.1) is 0 Å². The predicted molar refractivity (Wildman–Crippen MR) is 91.6 cm³/mol. The highest BCUT2D eigenvalue weighted by Crippen LogP contribution is 2.30. The number of esters is 1. The quantitative estimate of drug-likeness (QED) is 0.460. The van der Waals surface area contributed by atoms with Gasteiger partial charge in [-0.3, -0.25) is 9.69 Å². The van der Waals surface area contributed by atoms with Crippen LogP contribution in [0.15, 0.2) is 42.5 Å². The second-order valence-corrected chi connectivity index (χ2v) is 10.8. The first kappa shape index (κ1) is 17.7. The van der Waals surface area contributed by atoms with E-state index in [1.165, 1.54) is 12.3 Å². The zero-order chi connectivity index (χ0) is 16.0. The van der Waals surface area contributed by atoms with Gasteiger partial charge in [-0.25, -0.2) is 0 Å². The molecule has 116 valence electrons. The molecule has 1 aromatic rings. The van der Waals surface area contributed by atoms with E-state index in [-0.39, 0.29) is 17.6 Å². The summed E-state index contributed by atoms with van der Waals surface area (Å²) in [6, 6.07) is 10.3. The summed E-state index contributed by atoms with van der Waals surface area (Å²) in [5.74, 6) is -0.167. The Morgan fingerprint density at radius 3 is 2.24 bits per heavy atom. The SMILES string of the molecule is C/C=C/[C@H]([C@H](C(=O)OC)N(C)C)[Si](C)(C)c1ccccc1. The van der Waals surface area contributed by atoms with Crippen LogP contribution in [0.4, 0.5) is 0 Å². The fourth-order valence-corrected chi connectivity index (χ4v) is 6.14. The van der Waals surface area contributed by atoms with Gasteiger partial charge < -0.3 is 4.74 Å². The van der Waals surface area contributed by atoms with Crippen LogP contribution < -0.4 is 5.19 Å². The number of likely N-dealkylation sites (N-methyl/N-ethyl adjacent to an activating group) is 1. The highest BCUT2D eigenvalue weighted by Gasteiger charge is 2.42. The maximum atomic E-state index is 12.3. The van der Waals surface area contributed by atoms with Gasteiger partial charge in [-0.1, -0.05) is 60.8 Å². The molecule has 3 nitrogen and oxygen atoms in total. The number of methoxy groups -OCH3 is 1. The van der Waals surface area contributed by atoms with Crippen molar-refractivity contribution in [3.8, 4) is 0 Å². The molecule has 21 heavy (non-hydrogen) atoms. The molecule has 0 fully saturated rings. The summed E-state index contributed by atoms with van der Waals surface area (Å²) in [4.78, 5) is 14.2. The smallest absolute Gasteiger partial charge is 0.323 e. The van der Waals surface area contributed by atoms with E-state index in [2.05, 4.69) is 43.4 Å². The van der Waals surface area contributed by atoms with Crippen molar-refractivity contribution in [2.45, 2.75) is 31.6 Å². The number of carbonyl (C=O) groups excluding carboxylic acids is 1. The molecule has 0 saturated heterocycles. The van der Waals surface area contributed by atoms with Crippen LogP contribution in [0.1, 0.15) is 6.92 Å².